The summed E-state index contributed by atoms with van der Waals surface area (Å²) in [5.41, 5.74) is 5.96. The molecule has 0 aromatic rings. The zero-order valence-corrected chi connectivity index (χ0v) is 9.47. The van der Waals surface area contributed by atoms with Crippen molar-refractivity contribution in [2.45, 2.75) is 39.4 Å². The van der Waals surface area contributed by atoms with Gasteiger partial charge < -0.3 is 10.6 Å². The van der Waals surface area contributed by atoms with Crippen molar-refractivity contribution in [3.63, 3.8) is 0 Å². The van der Waals surface area contributed by atoms with Crippen molar-refractivity contribution in [2.75, 3.05) is 12.3 Å². The smallest absolute Gasteiger partial charge is 0.160 e. The van der Waals surface area contributed by atoms with E-state index < -0.39 is 0 Å². The highest BCUT2D eigenvalue weighted by atomic mass is 32.2. The van der Waals surface area contributed by atoms with Crippen molar-refractivity contribution >= 4 is 16.9 Å². The summed E-state index contributed by atoms with van der Waals surface area (Å²) in [7, 11) is 0. The first-order valence-electron chi connectivity index (χ1n) is 4.88. The maximum absolute atomic E-state index is 5.96. The molecule has 0 aromatic heterocycles. The lowest BCUT2D eigenvalue weighted by atomic mass is 10.4. The summed E-state index contributed by atoms with van der Waals surface area (Å²) < 4.78 is 0. The minimum Gasteiger partial charge on any atom is -0.335 e. The summed E-state index contributed by atoms with van der Waals surface area (Å²) in [4.78, 5) is 6.77. The van der Waals surface area contributed by atoms with Gasteiger partial charge in [0.15, 0.2) is 5.17 Å². The lowest BCUT2D eigenvalue weighted by Crippen LogP contribution is -2.41. The van der Waals surface area contributed by atoms with Crippen LogP contribution in [0, 0.1) is 0 Å². The fourth-order valence-corrected chi connectivity index (χ4v) is 2.49. The first kappa shape index (κ1) is 10.9. The highest BCUT2D eigenvalue weighted by Gasteiger charge is 2.26. The van der Waals surface area contributed by atoms with Gasteiger partial charge in [-0.2, -0.15) is 0 Å². The van der Waals surface area contributed by atoms with Crippen LogP contribution in [0.3, 0.4) is 0 Å². The molecule has 4 heteroatoms. The van der Waals surface area contributed by atoms with Gasteiger partial charge in [0, 0.05) is 18.3 Å². The van der Waals surface area contributed by atoms with E-state index in [1.54, 1.807) is 11.8 Å². The van der Waals surface area contributed by atoms with Crippen LogP contribution in [0.15, 0.2) is 4.99 Å². The number of rotatable bonds is 3. The highest BCUT2D eigenvalue weighted by molar-refractivity contribution is 8.14. The molecule has 76 valence electrons. The summed E-state index contributed by atoms with van der Waals surface area (Å²) in [5.74, 6) is 0.978. The number of hydrogen-bond acceptors (Lipinski definition) is 3. The maximum Gasteiger partial charge on any atom is 0.160 e. The quantitative estimate of drug-likeness (QED) is 0.752. The van der Waals surface area contributed by atoms with E-state index in [0.717, 1.165) is 23.9 Å². The molecule has 0 saturated carbocycles. The Kier molecular flexibility index (Phi) is 4.06. The fraction of sp³-hybridized carbons (Fsp3) is 0.889. The van der Waals surface area contributed by atoms with E-state index in [0.29, 0.717) is 6.04 Å². The second-order valence-electron chi connectivity index (χ2n) is 3.58. The zero-order valence-electron chi connectivity index (χ0n) is 8.66. The molecule has 1 rings (SSSR count). The van der Waals surface area contributed by atoms with Gasteiger partial charge in [0.25, 0.3) is 0 Å². The van der Waals surface area contributed by atoms with Crippen LogP contribution in [0.2, 0.25) is 0 Å². The first-order chi connectivity index (χ1) is 6.15. The van der Waals surface area contributed by atoms with Crippen molar-refractivity contribution in [2.24, 2.45) is 10.7 Å². The van der Waals surface area contributed by atoms with E-state index in [4.69, 9.17) is 5.73 Å². The monoisotopic (exact) mass is 201 g/mol. The van der Waals surface area contributed by atoms with E-state index in [9.17, 15) is 0 Å². The molecular formula is C9H19N3S. The van der Waals surface area contributed by atoms with Gasteiger partial charge in [0.1, 0.15) is 0 Å². The Bertz CT molecular complexity index is 191. The number of nitrogens with zero attached hydrogens (tertiary/aromatic N) is 2. The molecule has 1 saturated heterocycles. The molecule has 0 aromatic carbocycles. The van der Waals surface area contributed by atoms with Crippen LogP contribution in [-0.2, 0) is 0 Å². The molecule has 1 fully saturated rings. The molecule has 0 bridgehead atoms. The summed E-state index contributed by atoms with van der Waals surface area (Å²) >= 11 is 1.78. The normalized spacial score (nSPS) is 26.4. The lowest BCUT2D eigenvalue weighted by Gasteiger charge is -2.22. The minimum atomic E-state index is 0.169. The summed E-state index contributed by atoms with van der Waals surface area (Å²) in [6.07, 6.45) is 1.30. The zero-order chi connectivity index (χ0) is 9.84. The van der Waals surface area contributed by atoms with Crippen LogP contribution < -0.4 is 5.73 Å². The molecule has 3 nitrogen and oxygen atoms in total. The Labute approximate surface area is 84.8 Å². The second kappa shape index (κ2) is 4.86. The molecule has 0 aliphatic carbocycles. The minimum absolute atomic E-state index is 0.169. The Morgan fingerprint density at radius 3 is 2.92 bits per heavy atom. The topological polar surface area (TPSA) is 41.6 Å². The second-order valence-corrected chi connectivity index (χ2v) is 4.56. The Morgan fingerprint density at radius 2 is 2.38 bits per heavy atom. The van der Waals surface area contributed by atoms with Crippen molar-refractivity contribution in [3.8, 4) is 0 Å². The number of hydrogen-bond donors (Lipinski definition) is 1. The van der Waals surface area contributed by atoms with Crippen LogP contribution in [0.1, 0.15) is 27.2 Å². The van der Waals surface area contributed by atoms with Crippen LogP contribution >= 0.6 is 11.8 Å². The van der Waals surface area contributed by atoms with Crippen LogP contribution in [0.5, 0.6) is 0 Å². The average molecular weight is 201 g/mol. The van der Waals surface area contributed by atoms with Gasteiger partial charge in [0.05, 0.1) is 6.17 Å². The van der Waals surface area contributed by atoms with Gasteiger partial charge in [-0.3, -0.25) is 4.99 Å². The molecule has 1 atom stereocenters. The summed E-state index contributed by atoms with van der Waals surface area (Å²) in [6, 6.07) is 0.368. The Hall–Kier alpha value is -0.220. The summed E-state index contributed by atoms with van der Waals surface area (Å²) in [6.45, 7) is 7.39. The van der Waals surface area contributed by atoms with E-state index >= 15 is 0 Å². The van der Waals surface area contributed by atoms with Gasteiger partial charge in [-0.15, -0.1) is 0 Å². The number of nitrogens with two attached hydrogens (primary N) is 1. The van der Waals surface area contributed by atoms with Crippen molar-refractivity contribution in [1.29, 1.82) is 0 Å². The van der Waals surface area contributed by atoms with Crippen LogP contribution in [-0.4, -0.2) is 34.6 Å². The van der Waals surface area contributed by atoms with E-state index in [2.05, 4.69) is 30.7 Å². The summed E-state index contributed by atoms with van der Waals surface area (Å²) in [5, 5.41) is 1.13. The van der Waals surface area contributed by atoms with E-state index in [1.807, 2.05) is 0 Å². The number of aliphatic imine (C=N–C) groups is 1. The maximum atomic E-state index is 5.96. The van der Waals surface area contributed by atoms with Gasteiger partial charge >= 0.3 is 0 Å². The van der Waals surface area contributed by atoms with Crippen molar-refractivity contribution in [3.05, 3.63) is 0 Å². The number of amidine groups is 1. The molecule has 0 spiro atoms. The molecule has 1 aliphatic heterocycles. The Balaban J connectivity index is 2.63. The van der Waals surface area contributed by atoms with Crippen LogP contribution in [0.4, 0.5) is 0 Å². The fourth-order valence-electron chi connectivity index (χ4n) is 1.31. The molecule has 0 amide bonds. The van der Waals surface area contributed by atoms with E-state index in [-0.39, 0.29) is 6.17 Å². The SMILES string of the molecule is CCCN1/C(=N/C(C)C)SCC1N. The van der Waals surface area contributed by atoms with Gasteiger partial charge in [-0.25, -0.2) is 0 Å². The molecular weight excluding hydrogens is 182 g/mol. The molecule has 1 heterocycles. The number of thioether (sulfide) groups is 1. The third-order valence-corrected chi connectivity index (χ3v) is 2.97. The molecule has 1 aliphatic rings. The molecule has 0 radical (unpaired) electrons. The highest BCUT2D eigenvalue weighted by Crippen LogP contribution is 2.22. The third-order valence-electron chi connectivity index (χ3n) is 1.86. The van der Waals surface area contributed by atoms with Crippen molar-refractivity contribution < 1.29 is 0 Å². The lowest BCUT2D eigenvalue weighted by molar-refractivity contribution is 0.356. The molecule has 1 unspecified atom stereocenters. The largest absolute Gasteiger partial charge is 0.335 e. The average Bonchev–Trinajstić information content (AvgIpc) is 2.35. The molecule has 13 heavy (non-hydrogen) atoms. The van der Waals surface area contributed by atoms with Crippen molar-refractivity contribution in [1.82, 2.24) is 4.90 Å². The standard InChI is InChI=1S/C9H19N3S/c1-4-5-12-8(10)6-13-9(12)11-7(2)3/h7-8H,4-6,10H2,1-3H3/b11-9-. The predicted octanol–water partition coefficient (Wildman–Crippen LogP) is 1.49. The first-order valence-corrected chi connectivity index (χ1v) is 5.86. The van der Waals surface area contributed by atoms with Gasteiger partial charge in [-0.05, 0) is 20.3 Å². The van der Waals surface area contributed by atoms with E-state index in [1.165, 1.54) is 0 Å². The van der Waals surface area contributed by atoms with Gasteiger partial charge in [-0.1, -0.05) is 18.7 Å². The van der Waals surface area contributed by atoms with Gasteiger partial charge in [0.2, 0.25) is 0 Å². The van der Waals surface area contributed by atoms with Crippen LogP contribution in [0.25, 0.3) is 0 Å². The Morgan fingerprint density at radius 1 is 1.69 bits per heavy atom. The third kappa shape index (κ3) is 2.88. The molecule has 2 N–H and O–H groups in total. The predicted molar refractivity (Wildman–Crippen MR) is 60.0 cm³/mol.